The summed E-state index contributed by atoms with van der Waals surface area (Å²) in [6.07, 6.45) is 4.53. The number of aliphatic hydroxyl groups is 1. The number of rotatable bonds is 9. The minimum atomic E-state index is -3.52. The Bertz CT molecular complexity index is 567. The van der Waals surface area contributed by atoms with Gasteiger partial charge in [0.05, 0.1) is 18.1 Å². The molecule has 6 heteroatoms. The van der Waals surface area contributed by atoms with Crippen molar-refractivity contribution in [1.29, 1.82) is 0 Å². The maximum atomic E-state index is 12.2. The maximum absolute atomic E-state index is 12.2. The first-order valence-corrected chi connectivity index (χ1v) is 8.91. The fourth-order valence-electron chi connectivity index (χ4n) is 2.23. The number of ether oxygens (including phenoxy) is 1. The number of hydrogen-bond acceptors (Lipinski definition) is 4. The molecule has 0 saturated heterocycles. The second-order valence-corrected chi connectivity index (χ2v) is 7.11. The third kappa shape index (κ3) is 4.69. The first kappa shape index (κ1) is 16.3. The average molecular weight is 313 g/mol. The van der Waals surface area contributed by atoms with Gasteiger partial charge < -0.3 is 9.84 Å². The highest BCUT2D eigenvalue weighted by atomic mass is 32.2. The highest BCUT2D eigenvalue weighted by Crippen LogP contribution is 2.33. The van der Waals surface area contributed by atoms with E-state index in [-0.39, 0.29) is 11.5 Å². The second kappa shape index (κ2) is 7.24. The zero-order chi connectivity index (χ0) is 15.3. The average Bonchev–Trinajstić information content (AvgIpc) is 3.28. The van der Waals surface area contributed by atoms with E-state index in [1.807, 2.05) is 6.92 Å². The highest BCUT2D eigenvalue weighted by Gasteiger charge is 2.21. The summed E-state index contributed by atoms with van der Waals surface area (Å²) in [7, 11) is -3.52. The van der Waals surface area contributed by atoms with Gasteiger partial charge in [-0.2, -0.15) is 0 Å². The van der Waals surface area contributed by atoms with E-state index in [2.05, 4.69) is 4.72 Å². The second-order valence-electron chi connectivity index (χ2n) is 5.34. The molecule has 0 aromatic heterocycles. The molecule has 1 aromatic rings. The van der Waals surface area contributed by atoms with Crippen molar-refractivity contribution < 1.29 is 18.3 Å². The predicted octanol–water partition coefficient (Wildman–Crippen LogP) is 2.05. The van der Waals surface area contributed by atoms with Crippen molar-refractivity contribution in [2.75, 3.05) is 13.2 Å². The lowest BCUT2D eigenvalue weighted by atomic mass is 10.2. The molecular weight excluding hydrogens is 290 g/mol. The molecule has 5 nitrogen and oxygen atoms in total. The van der Waals surface area contributed by atoms with Crippen molar-refractivity contribution in [2.45, 2.75) is 44.1 Å². The monoisotopic (exact) mass is 313 g/mol. The van der Waals surface area contributed by atoms with Crippen LogP contribution in [-0.4, -0.2) is 26.7 Å². The van der Waals surface area contributed by atoms with Gasteiger partial charge in [0.15, 0.2) is 0 Å². The van der Waals surface area contributed by atoms with Gasteiger partial charge >= 0.3 is 0 Å². The third-order valence-electron chi connectivity index (χ3n) is 3.59. The summed E-state index contributed by atoms with van der Waals surface area (Å²) in [6, 6.07) is 4.56. The Hall–Kier alpha value is -1.11. The standard InChI is InChI=1S/C15H23NO4S/c1-2-20-15-8-7-14(10-13(15)11-17)21(18,19)16-9-3-4-12-5-6-12/h7-8,10,12,16-17H,2-6,9,11H2,1H3. The van der Waals surface area contributed by atoms with Gasteiger partial charge in [0.1, 0.15) is 5.75 Å². The van der Waals surface area contributed by atoms with E-state index in [1.165, 1.54) is 25.0 Å². The molecule has 1 aromatic carbocycles. The maximum Gasteiger partial charge on any atom is 0.240 e. The van der Waals surface area contributed by atoms with E-state index >= 15 is 0 Å². The van der Waals surface area contributed by atoms with Gasteiger partial charge in [0, 0.05) is 12.1 Å². The van der Waals surface area contributed by atoms with Crippen molar-refractivity contribution >= 4 is 10.0 Å². The smallest absolute Gasteiger partial charge is 0.240 e. The molecule has 0 aliphatic heterocycles. The van der Waals surface area contributed by atoms with Gasteiger partial charge in [-0.3, -0.25) is 0 Å². The van der Waals surface area contributed by atoms with Crippen molar-refractivity contribution in [3.05, 3.63) is 23.8 Å². The summed E-state index contributed by atoms with van der Waals surface area (Å²) in [6.45, 7) is 2.52. The Labute approximate surface area is 126 Å². The Morgan fingerprint density at radius 3 is 2.76 bits per heavy atom. The molecule has 0 unspecified atom stereocenters. The molecule has 0 amide bonds. The van der Waals surface area contributed by atoms with Crippen LogP contribution in [0.5, 0.6) is 5.75 Å². The molecule has 118 valence electrons. The summed E-state index contributed by atoms with van der Waals surface area (Å²) in [5.41, 5.74) is 0.484. The van der Waals surface area contributed by atoms with Crippen LogP contribution in [0.1, 0.15) is 38.2 Å². The molecule has 1 saturated carbocycles. The molecule has 0 spiro atoms. The first-order valence-electron chi connectivity index (χ1n) is 7.43. The Morgan fingerprint density at radius 1 is 1.38 bits per heavy atom. The Balaban J connectivity index is 2.00. The topological polar surface area (TPSA) is 75.6 Å². The Kier molecular flexibility index (Phi) is 5.61. The van der Waals surface area contributed by atoms with Crippen molar-refractivity contribution in [3.8, 4) is 5.75 Å². The molecule has 0 bridgehead atoms. The molecular formula is C15H23NO4S. The minimum Gasteiger partial charge on any atom is -0.494 e. The van der Waals surface area contributed by atoms with Gasteiger partial charge in [-0.1, -0.05) is 12.8 Å². The quantitative estimate of drug-likeness (QED) is 0.684. The molecule has 1 aliphatic carbocycles. The van der Waals surface area contributed by atoms with E-state index in [9.17, 15) is 13.5 Å². The van der Waals surface area contributed by atoms with Gasteiger partial charge in [-0.25, -0.2) is 13.1 Å². The minimum absolute atomic E-state index is 0.168. The molecule has 2 rings (SSSR count). The van der Waals surface area contributed by atoms with Gasteiger partial charge in [-0.05, 0) is 43.9 Å². The summed E-state index contributed by atoms with van der Waals surface area (Å²) < 4.78 is 32.4. The van der Waals surface area contributed by atoms with Gasteiger partial charge in [0.25, 0.3) is 0 Å². The summed E-state index contributed by atoms with van der Waals surface area (Å²) in [5, 5.41) is 9.32. The summed E-state index contributed by atoms with van der Waals surface area (Å²) in [5.74, 6) is 1.33. The SMILES string of the molecule is CCOc1ccc(S(=O)(=O)NCCCC2CC2)cc1CO. The molecule has 1 aliphatic rings. The van der Waals surface area contributed by atoms with E-state index in [4.69, 9.17) is 4.74 Å². The van der Waals surface area contributed by atoms with Crippen LogP contribution >= 0.6 is 0 Å². The zero-order valence-electron chi connectivity index (χ0n) is 12.3. The van der Waals surface area contributed by atoms with Crippen LogP contribution in [0, 0.1) is 5.92 Å². The zero-order valence-corrected chi connectivity index (χ0v) is 13.2. The van der Waals surface area contributed by atoms with Gasteiger partial charge in [-0.15, -0.1) is 0 Å². The molecule has 0 heterocycles. The predicted molar refractivity (Wildman–Crippen MR) is 80.7 cm³/mol. The fourth-order valence-corrected chi connectivity index (χ4v) is 3.35. The lowest BCUT2D eigenvalue weighted by Gasteiger charge is -2.11. The normalized spacial score (nSPS) is 15.1. The number of sulfonamides is 1. The van der Waals surface area contributed by atoms with Crippen LogP contribution in [0.25, 0.3) is 0 Å². The lowest BCUT2D eigenvalue weighted by Crippen LogP contribution is -2.25. The largest absolute Gasteiger partial charge is 0.494 e. The summed E-state index contributed by atoms with van der Waals surface area (Å²) in [4.78, 5) is 0.168. The van der Waals surface area contributed by atoms with E-state index < -0.39 is 10.0 Å². The van der Waals surface area contributed by atoms with Crippen LogP contribution in [0.3, 0.4) is 0 Å². The fraction of sp³-hybridized carbons (Fsp3) is 0.600. The van der Waals surface area contributed by atoms with Crippen LogP contribution in [-0.2, 0) is 16.6 Å². The first-order chi connectivity index (χ1) is 10.1. The van der Waals surface area contributed by atoms with E-state index in [0.717, 1.165) is 18.8 Å². The lowest BCUT2D eigenvalue weighted by molar-refractivity contribution is 0.266. The summed E-state index contributed by atoms with van der Waals surface area (Å²) >= 11 is 0. The number of aliphatic hydroxyl groups excluding tert-OH is 1. The number of nitrogens with one attached hydrogen (secondary N) is 1. The van der Waals surface area contributed by atoms with E-state index in [0.29, 0.717) is 24.5 Å². The molecule has 1 fully saturated rings. The van der Waals surface area contributed by atoms with Crippen molar-refractivity contribution in [3.63, 3.8) is 0 Å². The molecule has 0 atom stereocenters. The van der Waals surface area contributed by atoms with Gasteiger partial charge in [0.2, 0.25) is 10.0 Å². The molecule has 0 radical (unpaired) electrons. The number of hydrogen-bond donors (Lipinski definition) is 2. The van der Waals surface area contributed by atoms with Crippen LogP contribution < -0.4 is 9.46 Å². The van der Waals surface area contributed by atoms with Crippen molar-refractivity contribution in [1.82, 2.24) is 4.72 Å². The van der Waals surface area contributed by atoms with Crippen LogP contribution in [0.4, 0.5) is 0 Å². The Morgan fingerprint density at radius 2 is 2.14 bits per heavy atom. The molecule has 2 N–H and O–H groups in total. The van der Waals surface area contributed by atoms with Crippen LogP contribution in [0.15, 0.2) is 23.1 Å². The third-order valence-corrected chi connectivity index (χ3v) is 5.05. The number of benzene rings is 1. The molecule has 21 heavy (non-hydrogen) atoms. The highest BCUT2D eigenvalue weighted by molar-refractivity contribution is 7.89. The van der Waals surface area contributed by atoms with Crippen LogP contribution in [0.2, 0.25) is 0 Å². The van der Waals surface area contributed by atoms with Crippen molar-refractivity contribution in [2.24, 2.45) is 5.92 Å². The van der Waals surface area contributed by atoms with E-state index in [1.54, 1.807) is 6.07 Å².